The number of carbonyl (C=O) groups excluding carboxylic acids is 1. The zero-order valence-electron chi connectivity index (χ0n) is 11.5. The van der Waals surface area contributed by atoms with Crippen LogP contribution < -0.4 is 10.2 Å². The Morgan fingerprint density at radius 1 is 1.42 bits per heavy atom. The molecule has 1 N–H and O–H groups in total. The van der Waals surface area contributed by atoms with E-state index in [1.54, 1.807) is 0 Å². The second kappa shape index (κ2) is 6.47. The van der Waals surface area contributed by atoms with Gasteiger partial charge in [0.2, 0.25) is 5.91 Å². The molecule has 0 bridgehead atoms. The highest BCUT2D eigenvalue weighted by molar-refractivity contribution is 5.77. The van der Waals surface area contributed by atoms with Gasteiger partial charge >= 0.3 is 0 Å². The molecular weight excluding hydrogens is 244 g/mol. The molecule has 1 aliphatic heterocycles. The average Bonchev–Trinajstić information content (AvgIpc) is 2.60. The highest BCUT2D eigenvalue weighted by atomic mass is 16.5. The molecule has 6 heteroatoms. The lowest BCUT2D eigenvalue weighted by atomic mass is 10.3. The van der Waals surface area contributed by atoms with Crippen molar-refractivity contribution in [2.75, 3.05) is 31.1 Å². The van der Waals surface area contributed by atoms with Gasteiger partial charge in [0.05, 0.1) is 0 Å². The van der Waals surface area contributed by atoms with Gasteiger partial charge in [-0.3, -0.25) is 4.79 Å². The van der Waals surface area contributed by atoms with E-state index in [1.807, 2.05) is 19.9 Å². The Morgan fingerprint density at radius 3 is 3.05 bits per heavy atom. The predicted octanol–water partition coefficient (Wildman–Crippen LogP) is 0.648. The number of amides is 1. The standard InChI is InChI=1S/C13H20N4O2/c1-3-19-9-11-15-10(2)8-12(16-11)17-6-4-13(18)14-5-7-17/h8H,3-7,9H2,1-2H3,(H,14,18). The Hall–Kier alpha value is -1.69. The highest BCUT2D eigenvalue weighted by Gasteiger charge is 2.15. The monoisotopic (exact) mass is 264 g/mol. The maximum absolute atomic E-state index is 11.3. The number of anilines is 1. The van der Waals surface area contributed by atoms with Gasteiger partial charge in [0.15, 0.2) is 5.82 Å². The van der Waals surface area contributed by atoms with E-state index < -0.39 is 0 Å². The molecule has 2 heterocycles. The van der Waals surface area contributed by atoms with Gasteiger partial charge in [0.25, 0.3) is 0 Å². The van der Waals surface area contributed by atoms with Crippen molar-refractivity contribution in [3.8, 4) is 0 Å². The summed E-state index contributed by atoms with van der Waals surface area (Å²) in [5.74, 6) is 1.67. The number of nitrogens with one attached hydrogen (secondary N) is 1. The van der Waals surface area contributed by atoms with E-state index in [4.69, 9.17) is 4.74 Å². The van der Waals surface area contributed by atoms with Crippen LogP contribution in [-0.4, -0.2) is 42.1 Å². The molecule has 1 fully saturated rings. The van der Waals surface area contributed by atoms with Gasteiger partial charge in [-0.15, -0.1) is 0 Å². The summed E-state index contributed by atoms with van der Waals surface area (Å²) in [5.41, 5.74) is 0.920. The first kappa shape index (κ1) is 13.7. The molecule has 1 aromatic heterocycles. The van der Waals surface area contributed by atoms with Gasteiger partial charge in [0, 0.05) is 44.4 Å². The smallest absolute Gasteiger partial charge is 0.221 e. The molecule has 1 aliphatic rings. The molecule has 2 rings (SSSR count). The number of rotatable bonds is 4. The normalized spacial score (nSPS) is 16.1. The van der Waals surface area contributed by atoms with Gasteiger partial charge in [-0.2, -0.15) is 0 Å². The Balaban J connectivity index is 2.13. The molecule has 0 spiro atoms. The van der Waals surface area contributed by atoms with E-state index in [2.05, 4.69) is 20.2 Å². The molecule has 0 unspecified atom stereocenters. The number of hydrogen-bond donors (Lipinski definition) is 1. The molecule has 0 saturated carbocycles. The van der Waals surface area contributed by atoms with Crippen LogP contribution in [0.5, 0.6) is 0 Å². The zero-order valence-corrected chi connectivity index (χ0v) is 11.5. The lowest BCUT2D eigenvalue weighted by Gasteiger charge is -2.21. The molecule has 0 atom stereocenters. The van der Waals surface area contributed by atoms with Gasteiger partial charge in [0.1, 0.15) is 12.4 Å². The van der Waals surface area contributed by atoms with Crippen LogP contribution in [-0.2, 0) is 16.1 Å². The number of aryl methyl sites for hydroxylation is 1. The lowest BCUT2D eigenvalue weighted by Crippen LogP contribution is -2.29. The average molecular weight is 264 g/mol. The lowest BCUT2D eigenvalue weighted by molar-refractivity contribution is -0.120. The Kier molecular flexibility index (Phi) is 4.68. The summed E-state index contributed by atoms with van der Waals surface area (Å²) in [7, 11) is 0. The van der Waals surface area contributed by atoms with E-state index in [0.717, 1.165) is 18.1 Å². The summed E-state index contributed by atoms with van der Waals surface area (Å²) < 4.78 is 5.35. The van der Waals surface area contributed by atoms with Crippen LogP contribution in [0.15, 0.2) is 6.07 Å². The maximum Gasteiger partial charge on any atom is 0.221 e. The van der Waals surface area contributed by atoms with E-state index >= 15 is 0 Å². The minimum absolute atomic E-state index is 0.0998. The topological polar surface area (TPSA) is 67.3 Å². The second-order valence-corrected chi connectivity index (χ2v) is 4.51. The molecular formula is C13H20N4O2. The van der Waals surface area contributed by atoms with Crippen molar-refractivity contribution in [2.45, 2.75) is 26.9 Å². The van der Waals surface area contributed by atoms with Gasteiger partial charge in [-0.25, -0.2) is 9.97 Å². The van der Waals surface area contributed by atoms with Crippen LogP contribution in [0.4, 0.5) is 5.82 Å². The van der Waals surface area contributed by atoms with Crippen LogP contribution in [0.2, 0.25) is 0 Å². The summed E-state index contributed by atoms with van der Waals surface area (Å²) in [6.45, 7) is 7.09. The third-order valence-corrected chi connectivity index (χ3v) is 2.96. The van der Waals surface area contributed by atoms with E-state index in [1.165, 1.54) is 0 Å². The quantitative estimate of drug-likeness (QED) is 0.864. The third-order valence-electron chi connectivity index (χ3n) is 2.96. The molecule has 0 aliphatic carbocycles. The van der Waals surface area contributed by atoms with E-state index in [9.17, 15) is 4.79 Å². The van der Waals surface area contributed by atoms with Crippen molar-refractivity contribution in [1.29, 1.82) is 0 Å². The minimum Gasteiger partial charge on any atom is -0.374 e. The Labute approximate surface area is 113 Å². The number of carbonyl (C=O) groups is 1. The van der Waals surface area contributed by atoms with Crippen LogP contribution in [0.3, 0.4) is 0 Å². The van der Waals surface area contributed by atoms with Crippen molar-refractivity contribution >= 4 is 11.7 Å². The zero-order chi connectivity index (χ0) is 13.7. The largest absolute Gasteiger partial charge is 0.374 e. The fourth-order valence-electron chi connectivity index (χ4n) is 2.03. The molecule has 1 amide bonds. The third kappa shape index (κ3) is 3.89. The fourth-order valence-corrected chi connectivity index (χ4v) is 2.03. The van der Waals surface area contributed by atoms with E-state index in [-0.39, 0.29) is 5.91 Å². The van der Waals surface area contributed by atoms with Crippen molar-refractivity contribution in [3.05, 3.63) is 17.6 Å². The molecule has 6 nitrogen and oxygen atoms in total. The second-order valence-electron chi connectivity index (χ2n) is 4.51. The number of ether oxygens (including phenoxy) is 1. The summed E-state index contributed by atoms with van der Waals surface area (Å²) in [6.07, 6.45) is 0.504. The van der Waals surface area contributed by atoms with Crippen LogP contribution >= 0.6 is 0 Å². The molecule has 19 heavy (non-hydrogen) atoms. The van der Waals surface area contributed by atoms with Gasteiger partial charge < -0.3 is 15.0 Å². The van der Waals surface area contributed by atoms with Crippen LogP contribution in [0.25, 0.3) is 0 Å². The molecule has 1 aromatic rings. The van der Waals surface area contributed by atoms with Crippen LogP contribution in [0, 0.1) is 6.92 Å². The SMILES string of the molecule is CCOCc1nc(C)cc(N2CCNC(=O)CC2)n1. The van der Waals surface area contributed by atoms with Crippen molar-refractivity contribution in [2.24, 2.45) is 0 Å². The summed E-state index contributed by atoms with van der Waals surface area (Å²) in [4.78, 5) is 22.3. The summed E-state index contributed by atoms with van der Waals surface area (Å²) in [6, 6.07) is 1.95. The first-order chi connectivity index (χ1) is 9.19. The summed E-state index contributed by atoms with van der Waals surface area (Å²) >= 11 is 0. The minimum atomic E-state index is 0.0998. The van der Waals surface area contributed by atoms with Gasteiger partial charge in [-0.05, 0) is 13.8 Å². The Bertz CT molecular complexity index is 450. The van der Waals surface area contributed by atoms with Crippen molar-refractivity contribution in [3.63, 3.8) is 0 Å². The van der Waals surface area contributed by atoms with Crippen LogP contribution in [0.1, 0.15) is 24.9 Å². The van der Waals surface area contributed by atoms with Crippen molar-refractivity contribution in [1.82, 2.24) is 15.3 Å². The summed E-state index contributed by atoms with van der Waals surface area (Å²) in [5, 5.41) is 2.86. The molecule has 1 saturated heterocycles. The number of hydrogen-bond acceptors (Lipinski definition) is 5. The molecule has 0 radical (unpaired) electrons. The van der Waals surface area contributed by atoms with Crippen molar-refractivity contribution < 1.29 is 9.53 Å². The first-order valence-electron chi connectivity index (χ1n) is 6.63. The van der Waals surface area contributed by atoms with Gasteiger partial charge in [-0.1, -0.05) is 0 Å². The number of nitrogens with zero attached hydrogens (tertiary/aromatic N) is 3. The maximum atomic E-state index is 11.3. The Morgan fingerprint density at radius 2 is 2.26 bits per heavy atom. The van der Waals surface area contributed by atoms with E-state index in [0.29, 0.717) is 38.5 Å². The number of aromatic nitrogens is 2. The first-order valence-corrected chi connectivity index (χ1v) is 6.63. The fraction of sp³-hybridized carbons (Fsp3) is 0.615. The predicted molar refractivity (Wildman–Crippen MR) is 71.9 cm³/mol. The molecule has 104 valence electrons. The highest BCUT2D eigenvalue weighted by Crippen LogP contribution is 2.14. The molecule has 0 aromatic carbocycles.